The Morgan fingerprint density at radius 1 is 1.32 bits per heavy atom. The molecule has 1 saturated carbocycles. The second-order valence-corrected chi connectivity index (χ2v) is 4.50. The van der Waals surface area contributed by atoms with Crippen LogP contribution >= 0.6 is 0 Å². The summed E-state index contributed by atoms with van der Waals surface area (Å²) in [5, 5.41) is 6.95. The van der Waals surface area contributed by atoms with Crippen LogP contribution in [0.15, 0.2) is 10.6 Å². The Balaban J connectivity index is 1.74. The molecule has 8 heteroatoms. The first-order chi connectivity index (χ1) is 9.24. The molecular formula is C11H15N7O. The van der Waals surface area contributed by atoms with Gasteiger partial charge in [0.25, 0.3) is 0 Å². The third-order valence-electron chi connectivity index (χ3n) is 2.83. The van der Waals surface area contributed by atoms with E-state index in [4.69, 9.17) is 10.4 Å². The number of aromatic nitrogens is 4. The lowest BCUT2D eigenvalue weighted by Crippen LogP contribution is -2.12. The van der Waals surface area contributed by atoms with Crippen LogP contribution in [0.25, 0.3) is 0 Å². The van der Waals surface area contributed by atoms with Gasteiger partial charge in [0, 0.05) is 18.9 Å². The first-order valence-corrected chi connectivity index (χ1v) is 6.13. The van der Waals surface area contributed by atoms with Gasteiger partial charge in [0.15, 0.2) is 5.82 Å². The summed E-state index contributed by atoms with van der Waals surface area (Å²) >= 11 is 0. The molecule has 0 aliphatic heterocycles. The zero-order chi connectivity index (χ0) is 13.2. The largest absolute Gasteiger partial charge is 0.362 e. The van der Waals surface area contributed by atoms with Crippen LogP contribution in [0.3, 0.4) is 0 Å². The van der Waals surface area contributed by atoms with E-state index in [-0.39, 0.29) is 0 Å². The molecule has 0 bridgehead atoms. The molecule has 2 aromatic heterocycles. The summed E-state index contributed by atoms with van der Waals surface area (Å²) in [6.45, 7) is 2.20. The summed E-state index contributed by atoms with van der Waals surface area (Å²) in [5.74, 6) is 9.13. The van der Waals surface area contributed by atoms with Crippen molar-refractivity contribution in [2.75, 3.05) is 10.7 Å². The second-order valence-electron chi connectivity index (χ2n) is 4.50. The minimum Gasteiger partial charge on any atom is -0.362 e. The van der Waals surface area contributed by atoms with Crippen molar-refractivity contribution in [3.63, 3.8) is 0 Å². The van der Waals surface area contributed by atoms with E-state index in [1.807, 2.05) is 0 Å². The smallest absolute Gasteiger partial charge is 0.223 e. The maximum atomic E-state index is 5.41. The molecule has 0 radical (unpaired) electrons. The van der Waals surface area contributed by atoms with Crippen molar-refractivity contribution in [2.45, 2.75) is 32.2 Å². The number of aryl methyl sites for hydroxylation is 1. The van der Waals surface area contributed by atoms with Crippen molar-refractivity contribution in [1.29, 1.82) is 0 Å². The zero-order valence-corrected chi connectivity index (χ0v) is 10.6. The number of nitrogens with zero attached hydrogens (tertiary/aromatic N) is 4. The standard InChI is InChI=1S/C11H15N7O/c1-6-14-10(18-19-6)5-13-8-4-9(17-12)16-11(15-8)7-2-3-7/h4,7H,2-3,5,12H2,1H3,(H2,13,15,16,17). The molecule has 100 valence electrons. The lowest BCUT2D eigenvalue weighted by Gasteiger charge is -2.07. The normalized spacial score (nSPS) is 14.4. The van der Waals surface area contributed by atoms with Crippen molar-refractivity contribution in [1.82, 2.24) is 20.1 Å². The van der Waals surface area contributed by atoms with Crippen LogP contribution in [0, 0.1) is 6.92 Å². The molecular weight excluding hydrogens is 246 g/mol. The van der Waals surface area contributed by atoms with Gasteiger partial charge in [-0.3, -0.25) is 0 Å². The van der Waals surface area contributed by atoms with Crippen molar-refractivity contribution >= 4 is 11.6 Å². The SMILES string of the molecule is Cc1nc(CNc2cc(NN)nc(C3CC3)n2)no1. The minimum absolute atomic E-state index is 0.447. The van der Waals surface area contributed by atoms with Crippen LogP contribution in [0.1, 0.15) is 36.3 Å². The van der Waals surface area contributed by atoms with Crippen molar-refractivity contribution in [3.05, 3.63) is 23.6 Å². The van der Waals surface area contributed by atoms with Gasteiger partial charge in [-0.05, 0) is 12.8 Å². The third kappa shape index (κ3) is 2.79. The average molecular weight is 261 g/mol. The number of nitrogens with one attached hydrogen (secondary N) is 2. The van der Waals surface area contributed by atoms with Crippen molar-refractivity contribution in [2.24, 2.45) is 5.84 Å². The van der Waals surface area contributed by atoms with E-state index in [0.29, 0.717) is 35.8 Å². The summed E-state index contributed by atoms with van der Waals surface area (Å²) in [7, 11) is 0. The Labute approximate surface area is 109 Å². The highest BCUT2D eigenvalue weighted by Crippen LogP contribution is 2.38. The monoisotopic (exact) mass is 261 g/mol. The molecule has 0 saturated heterocycles. The van der Waals surface area contributed by atoms with Crippen LogP contribution in [0.4, 0.5) is 11.6 Å². The van der Waals surface area contributed by atoms with Gasteiger partial charge in [0.1, 0.15) is 17.5 Å². The van der Waals surface area contributed by atoms with Crippen LogP contribution in [-0.4, -0.2) is 20.1 Å². The molecule has 0 amide bonds. The zero-order valence-electron chi connectivity index (χ0n) is 10.6. The average Bonchev–Trinajstić information content (AvgIpc) is 3.19. The molecule has 0 atom stereocenters. The molecule has 4 N–H and O–H groups in total. The van der Waals surface area contributed by atoms with E-state index in [9.17, 15) is 0 Å². The number of nitrogen functional groups attached to an aromatic ring is 1. The molecule has 19 heavy (non-hydrogen) atoms. The maximum absolute atomic E-state index is 5.41. The van der Waals surface area contributed by atoms with E-state index >= 15 is 0 Å². The summed E-state index contributed by atoms with van der Waals surface area (Å²) in [6.07, 6.45) is 2.27. The summed E-state index contributed by atoms with van der Waals surface area (Å²) < 4.78 is 4.90. The van der Waals surface area contributed by atoms with E-state index in [0.717, 1.165) is 18.7 Å². The first-order valence-electron chi connectivity index (χ1n) is 6.13. The quantitative estimate of drug-likeness (QED) is 0.538. The lowest BCUT2D eigenvalue weighted by atomic mass is 10.3. The number of anilines is 2. The minimum atomic E-state index is 0.447. The number of rotatable bonds is 5. The molecule has 2 heterocycles. The molecule has 0 unspecified atom stereocenters. The third-order valence-corrected chi connectivity index (χ3v) is 2.83. The van der Waals surface area contributed by atoms with Crippen molar-refractivity contribution in [3.8, 4) is 0 Å². The molecule has 8 nitrogen and oxygen atoms in total. The van der Waals surface area contributed by atoms with Crippen molar-refractivity contribution < 1.29 is 4.52 Å². The first kappa shape index (κ1) is 11.8. The molecule has 1 aliphatic rings. The fourth-order valence-corrected chi connectivity index (χ4v) is 1.74. The molecule has 0 aromatic carbocycles. The summed E-state index contributed by atoms with van der Waals surface area (Å²) in [6, 6.07) is 1.75. The Kier molecular flexibility index (Phi) is 3.00. The fraction of sp³-hybridized carbons (Fsp3) is 0.455. The van der Waals surface area contributed by atoms with Gasteiger partial charge in [-0.2, -0.15) is 4.98 Å². The lowest BCUT2D eigenvalue weighted by molar-refractivity contribution is 0.388. The van der Waals surface area contributed by atoms with Crippen LogP contribution in [-0.2, 0) is 6.54 Å². The van der Waals surface area contributed by atoms with Gasteiger partial charge in [-0.25, -0.2) is 15.8 Å². The number of hydrogen-bond donors (Lipinski definition) is 3. The van der Waals surface area contributed by atoms with Gasteiger partial charge in [0.05, 0.1) is 6.54 Å². The summed E-state index contributed by atoms with van der Waals surface area (Å²) in [5.41, 5.74) is 2.55. The van der Waals surface area contributed by atoms with Crippen LogP contribution < -0.4 is 16.6 Å². The van der Waals surface area contributed by atoms with Gasteiger partial charge in [-0.15, -0.1) is 0 Å². The Morgan fingerprint density at radius 3 is 2.74 bits per heavy atom. The fourth-order valence-electron chi connectivity index (χ4n) is 1.74. The van der Waals surface area contributed by atoms with E-state index in [1.54, 1.807) is 13.0 Å². The van der Waals surface area contributed by atoms with Crippen LogP contribution in [0.5, 0.6) is 0 Å². The van der Waals surface area contributed by atoms with Crippen LogP contribution in [0.2, 0.25) is 0 Å². The Morgan fingerprint density at radius 2 is 2.11 bits per heavy atom. The van der Waals surface area contributed by atoms with E-state index < -0.39 is 0 Å². The Hall–Kier alpha value is -2.22. The molecule has 1 aliphatic carbocycles. The number of nitrogens with two attached hydrogens (primary N) is 1. The second kappa shape index (κ2) is 4.81. The molecule has 2 aromatic rings. The topological polar surface area (TPSA) is 115 Å². The van der Waals surface area contributed by atoms with E-state index in [1.165, 1.54) is 0 Å². The van der Waals surface area contributed by atoms with E-state index in [2.05, 4.69) is 30.9 Å². The summed E-state index contributed by atoms with van der Waals surface area (Å²) in [4.78, 5) is 12.9. The molecule has 1 fully saturated rings. The maximum Gasteiger partial charge on any atom is 0.223 e. The molecule has 3 rings (SSSR count). The van der Waals surface area contributed by atoms with Gasteiger partial charge in [-0.1, -0.05) is 5.16 Å². The predicted octanol–water partition coefficient (Wildman–Crippen LogP) is 0.943. The number of hydrogen-bond acceptors (Lipinski definition) is 8. The predicted molar refractivity (Wildman–Crippen MR) is 68.2 cm³/mol. The Bertz CT molecular complexity index is 578. The van der Waals surface area contributed by atoms with Gasteiger partial charge in [0.2, 0.25) is 5.89 Å². The molecule has 0 spiro atoms. The van der Waals surface area contributed by atoms with Gasteiger partial charge < -0.3 is 15.3 Å². The highest BCUT2D eigenvalue weighted by molar-refractivity contribution is 5.47. The highest BCUT2D eigenvalue weighted by atomic mass is 16.5. The highest BCUT2D eigenvalue weighted by Gasteiger charge is 2.27. The van der Waals surface area contributed by atoms with Gasteiger partial charge >= 0.3 is 0 Å². The number of hydrazine groups is 1.